The van der Waals surface area contributed by atoms with Crippen LogP contribution in [0.1, 0.15) is 24.6 Å². The Morgan fingerprint density at radius 2 is 2.00 bits per heavy atom. The van der Waals surface area contributed by atoms with Gasteiger partial charge in [-0.3, -0.25) is 9.59 Å². The molecule has 1 aliphatic rings. The lowest BCUT2D eigenvalue weighted by Gasteiger charge is -2.16. The summed E-state index contributed by atoms with van der Waals surface area (Å²) in [5, 5.41) is 2.67. The van der Waals surface area contributed by atoms with Gasteiger partial charge in [-0.1, -0.05) is 30.3 Å². The number of hydrogen-bond acceptors (Lipinski definition) is 7. The first-order valence-corrected chi connectivity index (χ1v) is 11.7. The smallest absolute Gasteiger partial charge is 0.311 e. The Bertz CT molecular complexity index is 1110. The predicted molar refractivity (Wildman–Crippen MR) is 125 cm³/mol. The maximum Gasteiger partial charge on any atom is 0.311 e. The number of methoxy groups -OCH3 is 1. The lowest BCUT2D eigenvalue weighted by molar-refractivity contribution is -0.149. The minimum atomic E-state index is -0.449. The van der Waals surface area contributed by atoms with E-state index < -0.39 is 5.92 Å². The lowest BCUT2D eigenvalue weighted by atomic mass is 10.1. The molecule has 2 aromatic carbocycles. The van der Waals surface area contributed by atoms with Gasteiger partial charge in [0.25, 0.3) is 0 Å². The van der Waals surface area contributed by atoms with Crippen LogP contribution in [0.5, 0.6) is 11.5 Å². The molecule has 4 rings (SSSR count). The number of thiazole rings is 1. The van der Waals surface area contributed by atoms with Gasteiger partial charge in [-0.25, -0.2) is 4.98 Å². The molecule has 8 heteroatoms. The summed E-state index contributed by atoms with van der Waals surface area (Å²) in [5.41, 5.74) is 2.61. The SMILES string of the molecule is CCOc1ccc(-c2nc(COC(=O)C3CC(=O)N(Cc4ccccc4)C3)cs2)cc1OC. The van der Waals surface area contributed by atoms with Crippen LogP contribution in [0.15, 0.2) is 53.9 Å². The van der Waals surface area contributed by atoms with Crippen LogP contribution < -0.4 is 9.47 Å². The van der Waals surface area contributed by atoms with E-state index in [0.29, 0.717) is 36.9 Å². The third kappa shape index (κ3) is 5.51. The van der Waals surface area contributed by atoms with Crippen molar-refractivity contribution in [1.29, 1.82) is 0 Å². The molecule has 0 N–H and O–H groups in total. The fourth-order valence-electron chi connectivity index (χ4n) is 3.73. The maximum atomic E-state index is 12.6. The van der Waals surface area contributed by atoms with Gasteiger partial charge in [0.1, 0.15) is 11.6 Å². The van der Waals surface area contributed by atoms with Crippen LogP contribution in [0, 0.1) is 5.92 Å². The molecule has 1 saturated heterocycles. The number of carbonyl (C=O) groups is 2. The number of carbonyl (C=O) groups excluding carboxylic acids is 2. The highest BCUT2D eigenvalue weighted by Crippen LogP contribution is 2.34. The first-order valence-electron chi connectivity index (χ1n) is 10.8. The summed E-state index contributed by atoms with van der Waals surface area (Å²) >= 11 is 1.47. The van der Waals surface area contributed by atoms with Gasteiger partial charge < -0.3 is 19.1 Å². The number of hydrogen-bond donors (Lipinski definition) is 0. The van der Waals surface area contributed by atoms with Crippen molar-refractivity contribution in [2.24, 2.45) is 5.92 Å². The van der Waals surface area contributed by atoms with E-state index in [0.717, 1.165) is 16.1 Å². The van der Waals surface area contributed by atoms with Crippen LogP contribution in [0.25, 0.3) is 10.6 Å². The highest BCUT2D eigenvalue weighted by atomic mass is 32.1. The minimum Gasteiger partial charge on any atom is -0.493 e. The maximum absolute atomic E-state index is 12.6. The second-order valence-corrected chi connectivity index (χ2v) is 8.57. The summed E-state index contributed by atoms with van der Waals surface area (Å²) in [6, 6.07) is 15.4. The molecule has 1 aliphatic heterocycles. The number of aromatic nitrogens is 1. The van der Waals surface area contributed by atoms with Crippen molar-refractivity contribution < 1.29 is 23.8 Å². The van der Waals surface area contributed by atoms with Gasteiger partial charge in [-0.05, 0) is 30.7 Å². The first-order chi connectivity index (χ1) is 16.1. The summed E-state index contributed by atoms with van der Waals surface area (Å²) in [5.74, 6) is 0.484. The van der Waals surface area contributed by atoms with E-state index in [1.165, 1.54) is 11.3 Å². The molecule has 0 spiro atoms. The zero-order chi connectivity index (χ0) is 23.2. The largest absolute Gasteiger partial charge is 0.493 e. The molecular weight excluding hydrogens is 440 g/mol. The standard InChI is InChI=1S/C25H26N2O5S/c1-3-31-21-10-9-18(11-22(21)30-2)24-26-20(16-33-24)15-32-25(29)19-12-23(28)27(14-19)13-17-7-5-4-6-8-17/h4-11,16,19H,3,12-15H2,1-2H3. The topological polar surface area (TPSA) is 78.0 Å². The van der Waals surface area contributed by atoms with Gasteiger partial charge in [0.2, 0.25) is 5.91 Å². The van der Waals surface area contributed by atoms with Crippen molar-refractivity contribution >= 4 is 23.2 Å². The van der Waals surface area contributed by atoms with E-state index in [-0.39, 0.29) is 24.9 Å². The Morgan fingerprint density at radius 1 is 1.18 bits per heavy atom. The van der Waals surface area contributed by atoms with E-state index in [9.17, 15) is 9.59 Å². The summed E-state index contributed by atoms with van der Waals surface area (Å²) in [4.78, 5) is 31.2. The molecule has 1 unspecified atom stereocenters. The van der Waals surface area contributed by atoms with Gasteiger partial charge in [0.15, 0.2) is 11.5 Å². The van der Waals surface area contributed by atoms with Gasteiger partial charge in [-0.2, -0.15) is 0 Å². The van der Waals surface area contributed by atoms with E-state index in [1.807, 2.05) is 60.8 Å². The summed E-state index contributed by atoms with van der Waals surface area (Å²) in [7, 11) is 1.60. The molecule has 1 atom stereocenters. The molecule has 1 amide bonds. The van der Waals surface area contributed by atoms with Crippen molar-refractivity contribution in [3.05, 3.63) is 65.2 Å². The summed E-state index contributed by atoms with van der Waals surface area (Å²) in [6.07, 6.45) is 0.181. The van der Waals surface area contributed by atoms with Gasteiger partial charge in [-0.15, -0.1) is 11.3 Å². The Labute approximate surface area is 196 Å². The molecule has 1 aromatic heterocycles. The molecule has 33 heavy (non-hydrogen) atoms. The zero-order valence-corrected chi connectivity index (χ0v) is 19.5. The van der Waals surface area contributed by atoms with Crippen molar-refractivity contribution in [1.82, 2.24) is 9.88 Å². The van der Waals surface area contributed by atoms with Crippen LogP contribution in [0.2, 0.25) is 0 Å². The van der Waals surface area contributed by atoms with Crippen LogP contribution in [0.4, 0.5) is 0 Å². The average Bonchev–Trinajstić information content (AvgIpc) is 3.45. The van der Waals surface area contributed by atoms with Crippen molar-refractivity contribution in [2.45, 2.75) is 26.5 Å². The molecule has 7 nitrogen and oxygen atoms in total. The minimum absolute atomic E-state index is 0.0267. The van der Waals surface area contributed by atoms with E-state index in [2.05, 4.69) is 4.98 Å². The average molecular weight is 467 g/mol. The molecule has 3 aromatic rings. The van der Waals surface area contributed by atoms with E-state index in [4.69, 9.17) is 14.2 Å². The Morgan fingerprint density at radius 3 is 2.76 bits per heavy atom. The van der Waals surface area contributed by atoms with Crippen LogP contribution in [0.3, 0.4) is 0 Å². The summed E-state index contributed by atoms with van der Waals surface area (Å²) in [6.45, 7) is 3.43. The molecule has 0 bridgehead atoms. The highest BCUT2D eigenvalue weighted by Gasteiger charge is 2.35. The normalized spacial score (nSPS) is 15.5. The number of likely N-dealkylation sites (tertiary alicyclic amines) is 1. The lowest BCUT2D eigenvalue weighted by Crippen LogP contribution is -2.26. The second-order valence-electron chi connectivity index (χ2n) is 7.71. The molecule has 0 radical (unpaired) electrons. The molecule has 172 valence electrons. The number of ether oxygens (including phenoxy) is 3. The monoisotopic (exact) mass is 466 g/mol. The fourth-order valence-corrected chi connectivity index (χ4v) is 4.53. The molecule has 0 aliphatic carbocycles. The van der Waals surface area contributed by atoms with E-state index >= 15 is 0 Å². The van der Waals surface area contributed by atoms with Crippen LogP contribution in [-0.2, 0) is 27.5 Å². The number of esters is 1. The van der Waals surface area contributed by atoms with Crippen molar-refractivity contribution in [3.8, 4) is 22.1 Å². The zero-order valence-electron chi connectivity index (χ0n) is 18.7. The molecule has 1 fully saturated rings. The van der Waals surface area contributed by atoms with E-state index in [1.54, 1.807) is 12.0 Å². The van der Waals surface area contributed by atoms with Gasteiger partial charge in [0, 0.05) is 30.5 Å². The number of amides is 1. The fraction of sp³-hybridized carbons (Fsp3) is 0.320. The quantitative estimate of drug-likeness (QED) is 0.438. The molecule has 0 saturated carbocycles. The second kappa shape index (κ2) is 10.5. The Kier molecular flexibility index (Phi) is 7.24. The van der Waals surface area contributed by atoms with Crippen LogP contribution in [-0.4, -0.2) is 42.0 Å². The number of rotatable bonds is 9. The predicted octanol–water partition coefficient (Wildman–Crippen LogP) is 4.31. The van der Waals surface area contributed by atoms with Crippen molar-refractivity contribution in [3.63, 3.8) is 0 Å². The molecule has 2 heterocycles. The Balaban J connectivity index is 1.33. The first kappa shape index (κ1) is 22.8. The third-order valence-electron chi connectivity index (χ3n) is 5.39. The molecular formula is C25H26N2O5S. The van der Waals surface area contributed by atoms with Crippen LogP contribution >= 0.6 is 11.3 Å². The number of nitrogens with zero attached hydrogens (tertiary/aromatic N) is 2. The Hall–Kier alpha value is -3.39. The van der Waals surface area contributed by atoms with Gasteiger partial charge >= 0.3 is 5.97 Å². The third-order valence-corrected chi connectivity index (χ3v) is 6.33. The number of benzene rings is 2. The van der Waals surface area contributed by atoms with Crippen molar-refractivity contribution in [2.75, 3.05) is 20.3 Å². The highest BCUT2D eigenvalue weighted by molar-refractivity contribution is 7.13. The summed E-state index contributed by atoms with van der Waals surface area (Å²) < 4.78 is 16.5. The van der Waals surface area contributed by atoms with Gasteiger partial charge in [0.05, 0.1) is 25.3 Å².